The number of fused-ring (bicyclic) bond motifs is 1. The number of imidazole rings is 1. The van der Waals surface area contributed by atoms with Crippen molar-refractivity contribution >= 4 is 5.65 Å². The van der Waals surface area contributed by atoms with Gasteiger partial charge in [-0.2, -0.15) is 5.26 Å². The fraction of sp³-hybridized carbons (Fsp3) is 0.111. The van der Waals surface area contributed by atoms with Gasteiger partial charge < -0.3 is 4.40 Å². The minimum absolute atomic E-state index is 0.241. The summed E-state index contributed by atoms with van der Waals surface area (Å²) in [5, 5.41) is 8.48. The molecule has 0 amide bonds. The fourth-order valence-electron chi connectivity index (χ4n) is 1.22. The van der Waals surface area contributed by atoms with Crippen molar-refractivity contribution in [1.29, 1.82) is 5.26 Å². The molecule has 0 bridgehead atoms. The first-order valence-electron chi connectivity index (χ1n) is 3.79. The summed E-state index contributed by atoms with van der Waals surface area (Å²) in [5.74, 6) is -0.329. The first-order valence-corrected chi connectivity index (χ1v) is 3.79. The Bertz CT molecular complexity index is 481. The zero-order valence-corrected chi connectivity index (χ0v) is 6.74. The van der Waals surface area contributed by atoms with Gasteiger partial charge in [-0.05, 0) is 12.1 Å². The van der Waals surface area contributed by atoms with E-state index >= 15 is 0 Å². The smallest absolute Gasteiger partial charge is 0.139 e. The first kappa shape index (κ1) is 7.74. The van der Waals surface area contributed by atoms with Gasteiger partial charge in [0.2, 0.25) is 0 Å². The maximum Gasteiger partial charge on any atom is 0.139 e. The molecule has 0 atom stereocenters. The average molecular weight is 175 g/mol. The summed E-state index contributed by atoms with van der Waals surface area (Å²) in [5.41, 5.74) is 1.36. The van der Waals surface area contributed by atoms with Crippen molar-refractivity contribution in [2.75, 3.05) is 0 Å². The van der Waals surface area contributed by atoms with E-state index in [0.29, 0.717) is 11.3 Å². The predicted octanol–water partition coefficient (Wildman–Crippen LogP) is 1.54. The molecule has 0 aliphatic carbocycles. The van der Waals surface area contributed by atoms with Crippen LogP contribution in [0.15, 0.2) is 24.5 Å². The molecule has 0 saturated heterocycles. The fourth-order valence-corrected chi connectivity index (χ4v) is 1.22. The highest BCUT2D eigenvalue weighted by Gasteiger charge is 2.02. The molecule has 0 radical (unpaired) electrons. The number of hydrogen-bond acceptors (Lipinski definition) is 2. The Morgan fingerprint density at radius 2 is 2.38 bits per heavy atom. The van der Waals surface area contributed by atoms with E-state index in [1.165, 1.54) is 12.3 Å². The monoisotopic (exact) mass is 175 g/mol. The molecule has 2 aromatic rings. The Balaban J connectivity index is 2.66. The molecule has 0 fully saturated rings. The van der Waals surface area contributed by atoms with Gasteiger partial charge in [0.25, 0.3) is 0 Å². The molecule has 0 aliphatic heterocycles. The maximum atomic E-state index is 12.8. The number of halogens is 1. The predicted molar refractivity (Wildman–Crippen MR) is 44.5 cm³/mol. The molecule has 2 rings (SSSR count). The number of rotatable bonds is 1. The van der Waals surface area contributed by atoms with Crippen LogP contribution in [0.1, 0.15) is 5.69 Å². The van der Waals surface area contributed by atoms with Crippen LogP contribution in [0.3, 0.4) is 0 Å². The van der Waals surface area contributed by atoms with Crippen molar-refractivity contribution in [3.63, 3.8) is 0 Å². The lowest BCUT2D eigenvalue weighted by atomic mass is 10.3. The van der Waals surface area contributed by atoms with Crippen LogP contribution >= 0.6 is 0 Å². The quantitative estimate of drug-likeness (QED) is 0.659. The van der Waals surface area contributed by atoms with Crippen LogP contribution < -0.4 is 0 Å². The summed E-state index contributed by atoms with van der Waals surface area (Å²) in [6.45, 7) is 0. The number of pyridine rings is 1. The summed E-state index contributed by atoms with van der Waals surface area (Å²) in [6.07, 6.45) is 3.15. The Kier molecular flexibility index (Phi) is 1.71. The Hall–Kier alpha value is -1.89. The van der Waals surface area contributed by atoms with Crippen LogP contribution in [0.25, 0.3) is 5.65 Å². The maximum absolute atomic E-state index is 12.8. The molecule has 0 aliphatic rings. The molecule has 4 heteroatoms. The van der Waals surface area contributed by atoms with Crippen molar-refractivity contribution in [3.8, 4) is 6.07 Å². The lowest BCUT2D eigenvalue weighted by molar-refractivity contribution is 0.618. The summed E-state index contributed by atoms with van der Waals surface area (Å²) in [4.78, 5) is 4.02. The van der Waals surface area contributed by atoms with E-state index in [-0.39, 0.29) is 12.2 Å². The molecule has 0 saturated carbocycles. The zero-order valence-electron chi connectivity index (χ0n) is 6.74. The molecule has 0 spiro atoms. The van der Waals surface area contributed by atoms with Crippen molar-refractivity contribution in [2.45, 2.75) is 6.42 Å². The highest BCUT2D eigenvalue weighted by Crippen LogP contribution is 2.08. The largest absolute Gasteiger partial charge is 0.300 e. The second-order valence-corrected chi connectivity index (χ2v) is 2.66. The summed E-state index contributed by atoms with van der Waals surface area (Å²) in [6, 6.07) is 4.92. The number of aromatic nitrogens is 2. The van der Waals surface area contributed by atoms with Gasteiger partial charge in [-0.1, -0.05) is 0 Å². The van der Waals surface area contributed by atoms with E-state index in [9.17, 15) is 4.39 Å². The van der Waals surface area contributed by atoms with Crippen LogP contribution in [-0.2, 0) is 6.42 Å². The normalized spacial score (nSPS) is 10.2. The number of nitriles is 1. The van der Waals surface area contributed by atoms with Crippen molar-refractivity contribution in [1.82, 2.24) is 9.38 Å². The van der Waals surface area contributed by atoms with E-state index in [4.69, 9.17) is 5.26 Å². The van der Waals surface area contributed by atoms with Crippen molar-refractivity contribution < 1.29 is 4.39 Å². The minimum Gasteiger partial charge on any atom is -0.300 e. The van der Waals surface area contributed by atoms with Crippen LogP contribution in [0.5, 0.6) is 0 Å². The summed E-state index contributed by atoms with van der Waals surface area (Å²) >= 11 is 0. The van der Waals surface area contributed by atoms with Gasteiger partial charge >= 0.3 is 0 Å². The number of nitrogens with zero attached hydrogens (tertiary/aromatic N) is 3. The van der Waals surface area contributed by atoms with Crippen molar-refractivity contribution in [2.24, 2.45) is 0 Å². The molecular formula is C9H6FN3. The van der Waals surface area contributed by atoms with E-state index in [2.05, 4.69) is 4.98 Å². The molecule has 0 unspecified atom stereocenters. The van der Waals surface area contributed by atoms with E-state index in [1.54, 1.807) is 16.7 Å². The standard InChI is InChI=1S/C9H6FN3/c10-7-1-2-9-12-5-8(3-4-11)13(9)6-7/h1-2,5-6H,3H2. The molecule has 64 valence electrons. The van der Waals surface area contributed by atoms with Gasteiger partial charge in [-0.25, -0.2) is 9.37 Å². The second kappa shape index (κ2) is 2.87. The topological polar surface area (TPSA) is 41.1 Å². The second-order valence-electron chi connectivity index (χ2n) is 2.66. The minimum atomic E-state index is -0.329. The SMILES string of the molecule is N#CCc1cnc2ccc(F)cn12. The zero-order chi connectivity index (χ0) is 9.26. The average Bonchev–Trinajstić information content (AvgIpc) is 2.49. The molecule has 2 heterocycles. The molecule has 0 aromatic carbocycles. The van der Waals surface area contributed by atoms with Crippen LogP contribution in [-0.4, -0.2) is 9.38 Å². The van der Waals surface area contributed by atoms with Gasteiger partial charge in [0.05, 0.1) is 24.4 Å². The Labute approximate surface area is 74.1 Å². The Morgan fingerprint density at radius 3 is 3.15 bits per heavy atom. The molecule has 3 nitrogen and oxygen atoms in total. The summed E-state index contributed by atoms with van der Waals surface area (Å²) < 4.78 is 14.4. The van der Waals surface area contributed by atoms with E-state index in [0.717, 1.165) is 0 Å². The highest BCUT2D eigenvalue weighted by atomic mass is 19.1. The van der Waals surface area contributed by atoms with Crippen LogP contribution in [0.4, 0.5) is 4.39 Å². The van der Waals surface area contributed by atoms with Crippen molar-refractivity contribution in [3.05, 3.63) is 36.0 Å². The molecular weight excluding hydrogens is 169 g/mol. The van der Waals surface area contributed by atoms with E-state index < -0.39 is 0 Å². The van der Waals surface area contributed by atoms with Gasteiger partial charge in [-0.15, -0.1) is 0 Å². The third kappa shape index (κ3) is 1.25. The lowest BCUT2D eigenvalue weighted by Crippen LogP contribution is -1.92. The molecule has 13 heavy (non-hydrogen) atoms. The third-order valence-corrected chi connectivity index (χ3v) is 1.81. The van der Waals surface area contributed by atoms with Gasteiger partial charge in [0.1, 0.15) is 11.5 Å². The van der Waals surface area contributed by atoms with Crippen LogP contribution in [0, 0.1) is 17.1 Å². The highest BCUT2D eigenvalue weighted by molar-refractivity contribution is 5.40. The molecule has 0 N–H and O–H groups in total. The summed E-state index contributed by atoms with van der Waals surface area (Å²) in [7, 11) is 0. The lowest BCUT2D eigenvalue weighted by Gasteiger charge is -1.96. The Morgan fingerprint density at radius 1 is 1.54 bits per heavy atom. The van der Waals surface area contributed by atoms with Crippen LogP contribution in [0.2, 0.25) is 0 Å². The third-order valence-electron chi connectivity index (χ3n) is 1.81. The number of hydrogen-bond donors (Lipinski definition) is 0. The van der Waals surface area contributed by atoms with E-state index in [1.807, 2.05) is 6.07 Å². The van der Waals surface area contributed by atoms with Gasteiger partial charge in [0, 0.05) is 6.20 Å². The molecule has 2 aromatic heterocycles. The van der Waals surface area contributed by atoms with Gasteiger partial charge in [0.15, 0.2) is 0 Å². The van der Waals surface area contributed by atoms with Gasteiger partial charge in [-0.3, -0.25) is 0 Å². The first-order chi connectivity index (χ1) is 6.31.